The number of ether oxygens (including phenoxy) is 1. The van der Waals surface area contributed by atoms with E-state index in [2.05, 4.69) is 9.97 Å². The predicted octanol–water partition coefficient (Wildman–Crippen LogP) is 4.15. The Labute approximate surface area is 170 Å². The molecular formula is C23H16F2N2O3. The maximum atomic E-state index is 13.8. The lowest BCUT2D eigenvalue weighted by atomic mass is 10.0. The van der Waals surface area contributed by atoms with E-state index in [0.29, 0.717) is 22.3 Å². The molecule has 1 N–H and O–H groups in total. The molecule has 4 rings (SSSR count). The number of fused-ring (bicyclic) bond motifs is 1. The van der Waals surface area contributed by atoms with E-state index in [1.165, 1.54) is 12.1 Å². The molecule has 0 radical (unpaired) electrons. The van der Waals surface area contributed by atoms with E-state index in [4.69, 9.17) is 4.74 Å². The Kier molecular flexibility index (Phi) is 5.34. The van der Waals surface area contributed by atoms with Gasteiger partial charge in [0.05, 0.1) is 16.5 Å². The number of nitrogens with one attached hydrogen (secondary N) is 1. The molecule has 0 bridgehead atoms. The summed E-state index contributed by atoms with van der Waals surface area (Å²) in [6, 6.07) is 17.3. The molecule has 0 saturated carbocycles. The summed E-state index contributed by atoms with van der Waals surface area (Å²) in [5.41, 5.74) is 1.07. The molecule has 5 nitrogen and oxygen atoms in total. The lowest BCUT2D eigenvalue weighted by Crippen LogP contribution is -2.14. The number of hydrogen-bond acceptors (Lipinski definition) is 4. The number of rotatable bonds is 5. The predicted molar refractivity (Wildman–Crippen MR) is 107 cm³/mol. The van der Waals surface area contributed by atoms with Gasteiger partial charge >= 0.3 is 5.97 Å². The quantitative estimate of drug-likeness (QED) is 0.506. The summed E-state index contributed by atoms with van der Waals surface area (Å²) in [6.45, 7) is -0.401. The van der Waals surface area contributed by atoms with Crippen LogP contribution in [0, 0.1) is 11.6 Å². The van der Waals surface area contributed by atoms with Gasteiger partial charge < -0.3 is 9.72 Å². The van der Waals surface area contributed by atoms with Gasteiger partial charge in [-0.25, -0.2) is 18.6 Å². The third-order valence-electron chi connectivity index (χ3n) is 4.65. The summed E-state index contributed by atoms with van der Waals surface area (Å²) in [5.74, 6) is -2.33. The number of nitrogens with zero attached hydrogens (tertiary/aromatic N) is 1. The van der Waals surface area contributed by atoms with E-state index in [1.54, 1.807) is 48.5 Å². The highest BCUT2D eigenvalue weighted by atomic mass is 19.2. The number of hydrogen-bond donors (Lipinski definition) is 1. The van der Waals surface area contributed by atoms with Gasteiger partial charge in [0.25, 0.3) is 5.56 Å². The number of halogens is 2. The molecular weight excluding hydrogens is 390 g/mol. The first-order valence-electron chi connectivity index (χ1n) is 9.19. The molecule has 1 aromatic heterocycles. The Bertz CT molecular complexity index is 1300. The van der Waals surface area contributed by atoms with Crippen molar-refractivity contribution in [3.8, 4) is 0 Å². The van der Waals surface area contributed by atoms with Gasteiger partial charge in [-0.15, -0.1) is 0 Å². The first-order valence-corrected chi connectivity index (χ1v) is 9.19. The molecule has 30 heavy (non-hydrogen) atoms. The maximum Gasteiger partial charge on any atom is 0.338 e. The van der Waals surface area contributed by atoms with Gasteiger partial charge in [0, 0.05) is 12.0 Å². The lowest BCUT2D eigenvalue weighted by Gasteiger charge is -2.10. The fraction of sp³-hybridized carbons (Fsp3) is 0.0870. The molecule has 4 aromatic rings. The fourth-order valence-electron chi connectivity index (χ4n) is 3.15. The number of aromatic nitrogens is 2. The van der Waals surface area contributed by atoms with E-state index in [1.807, 2.05) is 0 Å². The molecule has 150 valence electrons. The van der Waals surface area contributed by atoms with Crippen LogP contribution in [0.25, 0.3) is 10.9 Å². The highest BCUT2D eigenvalue weighted by molar-refractivity contribution is 5.91. The zero-order valence-corrected chi connectivity index (χ0v) is 15.7. The molecule has 0 aliphatic rings. The third kappa shape index (κ3) is 3.96. The molecule has 0 saturated heterocycles. The summed E-state index contributed by atoms with van der Waals surface area (Å²) in [5, 5.41) is 0.478. The molecule has 0 aliphatic carbocycles. The van der Waals surface area contributed by atoms with Crippen LogP contribution in [0.5, 0.6) is 0 Å². The second-order valence-corrected chi connectivity index (χ2v) is 6.65. The van der Waals surface area contributed by atoms with Crippen molar-refractivity contribution in [2.45, 2.75) is 13.0 Å². The van der Waals surface area contributed by atoms with Gasteiger partial charge in [-0.2, -0.15) is 0 Å². The Morgan fingerprint density at radius 1 is 0.933 bits per heavy atom. The van der Waals surface area contributed by atoms with Crippen molar-refractivity contribution in [1.29, 1.82) is 0 Å². The topological polar surface area (TPSA) is 72.0 Å². The summed E-state index contributed by atoms with van der Waals surface area (Å²) in [4.78, 5) is 32.0. The van der Waals surface area contributed by atoms with Crippen molar-refractivity contribution >= 4 is 16.9 Å². The van der Waals surface area contributed by atoms with Gasteiger partial charge in [-0.3, -0.25) is 4.79 Å². The normalized spacial score (nSPS) is 10.9. The number of aromatic amines is 1. The summed E-state index contributed by atoms with van der Waals surface area (Å²) in [6.07, 6.45) is 0.194. The van der Waals surface area contributed by atoms with Crippen LogP contribution in [0.3, 0.4) is 0 Å². The van der Waals surface area contributed by atoms with Crippen molar-refractivity contribution in [2.24, 2.45) is 0 Å². The molecule has 0 fully saturated rings. The van der Waals surface area contributed by atoms with Crippen LogP contribution in [0.2, 0.25) is 0 Å². The number of H-pyrrole nitrogens is 1. The minimum atomic E-state index is -1.04. The standard InChI is InChI=1S/C23H16F2N2O3/c24-18-10-5-7-15(21(18)25)13-30-23(29)16-8-2-1-6-14(16)12-20-26-19-11-4-3-9-17(19)22(28)27-20/h1-11H,12-13H2,(H,26,27,28). The van der Waals surface area contributed by atoms with Crippen molar-refractivity contribution in [2.75, 3.05) is 0 Å². The Balaban J connectivity index is 1.57. The number of carbonyl (C=O) groups is 1. The van der Waals surface area contributed by atoms with E-state index < -0.39 is 24.2 Å². The molecule has 0 unspecified atom stereocenters. The second kappa shape index (κ2) is 8.24. The first-order chi connectivity index (χ1) is 14.5. The number of carbonyl (C=O) groups excluding carboxylic acids is 1. The van der Waals surface area contributed by atoms with E-state index in [9.17, 15) is 18.4 Å². The maximum absolute atomic E-state index is 13.8. The Hall–Kier alpha value is -3.87. The van der Waals surface area contributed by atoms with E-state index in [0.717, 1.165) is 6.07 Å². The van der Waals surface area contributed by atoms with Crippen molar-refractivity contribution in [3.05, 3.63) is 111 Å². The van der Waals surface area contributed by atoms with Crippen LogP contribution >= 0.6 is 0 Å². The van der Waals surface area contributed by atoms with E-state index in [-0.39, 0.29) is 23.1 Å². The smallest absolute Gasteiger partial charge is 0.338 e. The summed E-state index contributed by atoms with van der Waals surface area (Å²) >= 11 is 0. The lowest BCUT2D eigenvalue weighted by molar-refractivity contribution is 0.0467. The minimum Gasteiger partial charge on any atom is -0.457 e. The average molecular weight is 406 g/mol. The largest absolute Gasteiger partial charge is 0.457 e. The van der Waals surface area contributed by atoms with Crippen LogP contribution in [-0.2, 0) is 17.8 Å². The summed E-state index contributed by atoms with van der Waals surface area (Å²) < 4.78 is 32.3. The van der Waals surface area contributed by atoms with Crippen LogP contribution in [-0.4, -0.2) is 15.9 Å². The van der Waals surface area contributed by atoms with Gasteiger partial charge in [0.1, 0.15) is 12.4 Å². The van der Waals surface area contributed by atoms with E-state index >= 15 is 0 Å². The zero-order chi connectivity index (χ0) is 21.1. The Morgan fingerprint density at radius 3 is 2.53 bits per heavy atom. The second-order valence-electron chi connectivity index (χ2n) is 6.65. The van der Waals surface area contributed by atoms with Gasteiger partial charge in [0.15, 0.2) is 11.6 Å². The van der Waals surface area contributed by atoms with Crippen LogP contribution in [0.15, 0.2) is 71.5 Å². The van der Waals surface area contributed by atoms with Crippen molar-refractivity contribution in [3.63, 3.8) is 0 Å². The molecule has 7 heteroatoms. The zero-order valence-electron chi connectivity index (χ0n) is 15.7. The van der Waals surface area contributed by atoms with Crippen molar-refractivity contribution in [1.82, 2.24) is 9.97 Å². The van der Waals surface area contributed by atoms with Gasteiger partial charge in [0.2, 0.25) is 0 Å². The minimum absolute atomic E-state index is 0.0543. The van der Waals surface area contributed by atoms with Gasteiger partial charge in [-0.05, 0) is 29.8 Å². The van der Waals surface area contributed by atoms with Crippen LogP contribution in [0.1, 0.15) is 27.3 Å². The first kappa shape index (κ1) is 19.4. The molecule has 0 aliphatic heterocycles. The average Bonchev–Trinajstić information content (AvgIpc) is 2.75. The van der Waals surface area contributed by atoms with Crippen LogP contribution in [0.4, 0.5) is 8.78 Å². The molecule has 0 amide bonds. The SMILES string of the molecule is O=C(OCc1cccc(F)c1F)c1ccccc1Cc1nc2ccccc2c(=O)[nH]1. The molecule has 3 aromatic carbocycles. The number of esters is 1. The molecule has 0 spiro atoms. The fourth-order valence-corrected chi connectivity index (χ4v) is 3.15. The monoisotopic (exact) mass is 406 g/mol. The highest BCUT2D eigenvalue weighted by Crippen LogP contribution is 2.17. The number of benzene rings is 3. The molecule has 0 atom stereocenters. The van der Waals surface area contributed by atoms with Crippen molar-refractivity contribution < 1.29 is 18.3 Å². The Morgan fingerprint density at radius 2 is 1.67 bits per heavy atom. The third-order valence-corrected chi connectivity index (χ3v) is 4.65. The van der Waals surface area contributed by atoms with Gasteiger partial charge in [-0.1, -0.05) is 42.5 Å². The highest BCUT2D eigenvalue weighted by Gasteiger charge is 2.16. The van der Waals surface area contributed by atoms with Crippen LogP contribution < -0.4 is 5.56 Å². The molecule has 1 heterocycles. The summed E-state index contributed by atoms with van der Waals surface area (Å²) in [7, 11) is 0. The number of para-hydroxylation sites is 1.